The number of nitriles is 1. The molecule has 0 aliphatic heterocycles. The predicted octanol–water partition coefficient (Wildman–Crippen LogP) is 4.85. The minimum absolute atomic E-state index is 0.128. The Morgan fingerprint density at radius 3 is 2.73 bits per heavy atom. The van der Waals surface area contributed by atoms with Crippen molar-refractivity contribution in [1.82, 2.24) is 10.3 Å². The fourth-order valence-corrected chi connectivity index (χ4v) is 4.40. The van der Waals surface area contributed by atoms with Crippen LogP contribution in [0.4, 0.5) is 5.69 Å². The second kappa shape index (κ2) is 8.95. The van der Waals surface area contributed by atoms with Crippen molar-refractivity contribution >= 4 is 33.8 Å². The number of nitrogens with one attached hydrogen (secondary N) is 3. The molecule has 0 fully saturated rings. The number of rotatable bonds is 7. The number of carbonyl (C=O) groups excluding carboxylic acids is 1. The topological polar surface area (TPSA) is 80.7 Å². The molecule has 30 heavy (non-hydrogen) atoms. The van der Waals surface area contributed by atoms with Crippen LogP contribution in [0.25, 0.3) is 10.9 Å². The van der Waals surface area contributed by atoms with E-state index in [0.29, 0.717) is 17.8 Å². The van der Waals surface area contributed by atoms with Crippen molar-refractivity contribution in [2.45, 2.75) is 18.9 Å². The Hall–Kier alpha value is -3.40. The van der Waals surface area contributed by atoms with Gasteiger partial charge in [0.1, 0.15) is 6.07 Å². The van der Waals surface area contributed by atoms with Crippen LogP contribution in [0, 0.1) is 11.3 Å². The molecule has 0 saturated carbocycles. The van der Waals surface area contributed by atoms with Gasteiger partial charge in [-0.05, 0) is 42.1 Å². The third-order valence-corrected chi connectivity index (χ3v) is 6.20. The Balaban J connectivity index is 1.50. The number of para-hydroxylation sites is 2. The van der Waals surface area contributed by atoms with Crippen molar-refractivity contribution in [2.24, 2.45) is 0 Å². The van der Waals surface area contributed by atoms with Crippen LogP contribution in [-0.4, -0.2) is 23.5 Å². The van der Waals surface area contributed by atoms with E-state index < -0.39 is 6.04 Å². The smallest absolute Gasteiger partial charge is 0.241 e. The molecule has 0 spiro atoms. The van der Waals surface area contributed by atoms with Crippen LogP contribution in [-0.2, 0) is 4.79 Å². The summed E-state index contributed by atoms with van der Waals surface area (Å²) in [6.07, 6.45) is 2.06. The number of amides is 1. The summed E-state index contributed by atoms with van der Waals surface area (Å²) in [4.78, 5) is 17.3. The van der Waals surface area contributed by atoms with Crippen LogP contribution in [0.2, 0.25) is 0 Å². The molecule has 2 aromatic heterocycles. The van der Waals surface area contributed by atoms with Gasteiger partial charge in [-0.2, -0.15) is 5.26 Å². The minimum atomic E-state index is -0.413. The summed E-state index contributed by atoms with van der Waals surface area (Å²) in [6.45, 7) is 2.46. The number of anilines is 1. The van der Waals surface area contributed by atoms with Gasteiger partial charge in [-0.3, -0.25) is 4.79 Å². The summed E-state index contributed by atoms with van der Waals surface area (Å²) in [5, 5.41) is 18.7. The maximum absolute atomic E-state index is 12.7. The zero-order chi connectivity index (χ0) is 20.9. The van der Waals surface area contributed by atoms with Crippen LogP contribution < -0.4 is 10.6 Å². The molecule has 150 valence electrons. The maximum Gasteiger partial charge on any atom is 0.241 e. The SMILES string of the molecule is C[C@@H](NC[C@H](c1cccs1)c1c[nH]c2ccccc12)C(=O)Nc1ccccc1C#N. The van der Waals surface area contributed by atoms with E-state index in [1.165, 1.54) is 15.8 Å². The Labute approximate surface area is 179 Å². The number of hydrogen-bond acceptors (Lipinski definition) is 4. The fraction of sp³-hybridized carbons (Fsp3) is 0.167. The molecule has 0 aliphatic rings. The van der Waals surface area contributed by atoms with E-state index in [0.717, 1.165) is 5.52 Å². The molecule has 2 heterocycles. The largest absolute Gasteiger partial charge is 0.361 e. The van der Waals surface area contributed by atoms with E-state index >= 15 is 0 Å². The van der Waals surface area contributed by atoms with Gasteiger partial charge >= 0.3 is 0 Å². The lowest BCUT2D eigenvalue weighted by Crippen LogP contribution is -2.40. The van der Waals surface area contributed by atoms with Crippen molar-refractivity contribution in [3.05, 3.63) is 88.2 Å². The second-order valence-electron chi connectivity index (χ2n) is 7.13. The number of aromatic amines is 1. The summed E-state index contributed by atoms with van der Waals surface area (Å²) >= 11 is 1.71. The Morgan fingerprint density at radius 2 is 1.93 bits per heavy atom. The average molecular weight is 415 g/mol. The highest BCUT2D eigenvalue weighted by Crippen LogP contribution is 2.32. The first kappa shape index (κ1) is 19.9. The molecule has 3 N–H and O–H groups in total. The van der Waals surface area contributed by atoms with Gasteiger partial charge in [-0.25, -0.2) is 0 Å². The monoisotopic (exact) mass is 414 g/mol. The standard InChI is InChI=1S/C24H22N4OS/c1-16(24(29)28-21-9-4-2-7-17(21)13-25)26-15-20(23-11-6-12-30-23)19-14-27-22-10-5-3-8-18(19)22/h2-12,14,16,20,26-27H,15H2,1H3,(H,28,29)/t16-,20+/m1/s1. The van der Waals surface area contributed by atoms with E-state index in [9.17, 15) is 10.1 Å². The summed E-state index contributed by atoms with van der Waals surface area (Å²) < 4.78 is 0. The lowest BCUT2D eigenvalue weighted by molar-refractivity contribution is -0.117. The van der Waals surface area contributed by atoms with Gasteiger partial charge in [0.25, 0.3) is 0 Å². The van der Waals surface area contributed by atoms with Gasteiger partial charge in [0.2, 0.25) is 5.91 Å². The van der Waals surface area contributed by atoms with E-state index in [1.54, 1.807) is 35.6 Å². The summed E-state index contributed by atoms with van der Waals surface area (Å²) in [5.41, 5.74) is 3.30. The van der Waals surface area contributed by atoms with Crippen molar-refractivity contribution in [3.63, 3.8) is 0 Å². The van der Waals surface area contributed by atoms with E-state index in [4.69, 9.17) is 0 Å². The summed E-state index contributed by atoms with van der Waals surface area (Å²) in [5.74, 6) is -0.0376. The molecule has 0 unspecified atom stereocenters. The van der Waals surface area contributed by atoms with Crippen molar-refractivity contribution < 1.29 is 4.79 Å². The molecule has 0 radical (unpaired) electrons. The first-order valence-corrected chi connectivity index (χ1v) is 10.7. The molecular weight excluding hydrogens is 392 g/mol. The van der Waals surface area contributed by atoms with Gasteiger partial charge < -0.3 is 15.6 Å². The molecule has 4 aromatic rings. The minimum Gasteiger partial charge on any atom is -0.361 e. The first-order valence-electron chi connectivity index (χ1n) is 9.80. The molecule has 0 saturated heterocycles. The van der Waals surface area contributed by atoms with E-state index in [1.807, 2.05) is 19.1 Å². The number of carbonyl (C=O) groups is 1. The van der Waals surface area contributed by atoms with Gasteiger partial charge in [0.15, 0.2) is 0 Å². The first-order chi connectivity index (χ1) is 14.7. The molecule has 2 atom stereocenters. The third kappa shape index (κ3) is 4.13. The number of thiophene rings is 1. The predicted molar refractivity (Wildman–Crippen MR) is 122 cm³/mol. The Kier molecular flexibility index (Phi) is 5.94. The fourth-order valence-electron chi connectivity index (χ4n) is 3.55. The molecule has 2 aromatic carbocycles. The molecule has 0 bridgehead atoms. The number of benzene rings is 2. The number of fused-ring (bicyclic) bond motifs is 1. The summed E-state index contributed by atoms with van der Waals surface area (Å²) in [6, 6.07) is 21.1. The van der Waals surface area contributed by atoms with Crippen molar-refractivity contribution in [1.29, 1.82) is 5.26 Å². The van der Waals surface area contributed by atoms with Crippen LogP contribution >= 0.6 is 11.3 Å². The van der Waals surface area contributed by atoms with Crippen LogP contribution in [0.1, 0.15) is 28.8 Å². The van der Waals surface area contributed by atoms with Gasteiger partial charge in [0, 0.05) is 34.4 Å². The zero-order valence-electron chi connectivity index (χ0n) is 16.6. The highest BCUT2D eigenvalue weighted by atomic mass is 32.1. The molecule has 6 heteroatoms. The van der Waals surface area contributed by atoms with Crippen LogP contribution in [0.5, 0.6) is 0 Å². The van der Waals surface area contributed by atoms with Crippen LogP contribution in [0.3, 0.4) is 0 Å². The van der Waals surface area contributed by atoms with Gasteiger partial charge in [-0.15, -0.1) is 11.3 Å². The number of nitrogens with zero attached hydrogens (tertiary/aromatic N) is 1. The molecule has 5 nitrogen and oxygen atoms in total. The highest BCUT2D eigenvalue weighted by Gasteiger charge is 2.22. The zero-order valence-corrected chi connectivity index (χ0v) is 17.4. The molecule has 0 aliphatic carbocycles. The molecule has 4 rings (SSSR count). The second-order valence-corrected chi connectivity index (χ2v) is 8.11. The maximum atomic E-state index is 12.7. The Bertz CT molecular complexity index is 1190. The number of aromatic nitrogens is 1. The van der Waals surface area contributed by atoms with Crippen molar-refractivity contribution in [3.8, 4) is 6.07 Å². The van der Waals surface area contributed by atoms with E-state index in [2.05, 4.69) is 57.5 Å². The number of H-pyrrole nitrogens is 1. The van der Waals surface area contributed by atoms with Gasteiger partial charge in [-0.1, -0.05) is 36.4 Å². The normalized spacial score (nSPS) is 12.9. The summed E-state index contributed by atoms with van der Waals surface area (Å²) in [7, 11) is 0. The Morgan fingerprint density at radius 1 is 1.13 bits per heavy atom. The molecular formula is C24H22N4OS. The van der Waals surface area contributed by atoms with E-state index in [-0.39, 0.29) is 11.8 Å². The van der Waals surface area contributed by atoms with Gasteiger partial charge in [0.05, 0.1) is 17.3 Å². The highest BCUT2D eigenvalue weighted by molar-refractivity contribution is 7.10. The quantitative estimate of drug-likeness (QED) is 0.404. The van der Waals surface area contributed by atoms with Crippen LogP contribution in [0.15, 0.2) is 72.2 Å². The average Bonchev–Trinajstić information content (AvgIpc) is 3.45. The lowest BCUT2D eigenvalue weighted by atomic mass is 9.96. The third-order valence-electron chi connectivity index (χ3n) is 5.21. The van der Waals surface area contributed by atoms with Crippen molar-refractivity contribution in [2.75, 3.05) is 11.9 Å². The lowest BCUT2D eigenvalue weighted by Gasteiger charge is -2.20. The molecule has 1 amide bonds. The number of hydrogen-bond donors (Lipinski definition) is 3.